The van der Waals surface area contributed by atoms with Gasteiger partial charge in [0.1, 0.15) is 0 Å². The van der Waals surface area contributed by atoms with Gasteiger partial charge >= 0.3 is 0 Å². The number of rotatable bonds is 0. The van der Waals surface area contributed by atoms with Crippen molar-refractivity contribution in [1.82, 2.24) is 31.9 Å². The normalized spacial score (nSPS) is 21.4. The van der Waals surface area contributed by atoms with Gasteiger partial charge in [-0.3, -0.25) is 28.8 Å². The van der Waals surface area contributed by atoms with Gasteiger partial charge in [-0.2, -0.15) is 0 Å². The Morgan fingerprint density at radius 2 is 0.381 bits per heavy atom. The van der Waals surface area contributed by atoms with Gasteiger partial charge in [0.15, 0.2) is 0 Å². The summed E-state index contributed by atoms with van der Waals surface area (Å²) >= 11 is 0. The minimum absolute atomic E-state index is 0.0285. The molecule has 0 aromatic carbocycles. The molecule has 0 atom stereocenters. The van der Waals surface area contributed by atoms with Crippen molar-refractivity contribution < 1.29 is 28.8 Å². The lowest BCUT2D eigenvalue weighted by Gasteiger charge is -2.08. The molecule has 0 unspecified atom stereocenters. The number of nitrogens with one attached hydrogen (secondary N) is 6. The van der Waals surface area contributed by atoms with E-state index >= 15 is 0 Å². The van der Waals surface area contributed by atoms with Crippen molar-refractivity contribution in [1.29, 1.82) is 0 Å². The smallest absolute Gasteiger partial charge is 0.219 e. The van der Waals surface area contributed by atoms with E-state index in [1.165, 1.54) is 0 Å². The second-order valence-electron chi connectivity index (χ2n) is 10.8. The zero-order chi connectivity index (χ0) is 30.7. The first kappa shape index (κ1) is 36.8. The summed E-state index contributed by atoms with van der Waals surface area (Å²) < 4.78 is 0. The van der Waals surface area contributed by atoms with Gasteiger partial charge in [0.2, 0.25) is 35.4 Å². The van der Waals surface area contributed by atoms with E-state index in [-0.39, 0.29) is 35.4 Å². The molecule has 1 aliphatic rings. The largest absolute Gasteiger partial charge is 0.356 e. The lowest BCUT2D eigenvalue weighted by Crippen LogP contribution is -2.28. The van der Waals surface area contributed by atoms with E-state index in [1.54, 1.807) is 0 Å². The molecule has 240 valence electrons. The second kappa shape index (κ2) is 25.5. The highest BCUT2D eigenvalue weighted by Gasteiger charge is 2.07. The fraction of sp³-hybridized carbons (Fsp3) is 0.800. The predicted molar refractivity (Wildman–Crippen MR) is 161 cm³/mol. The summed E-state index contributed by atoms with van der Waals surface area (Å²) in [6.07, 6.45) is 10.8. The van der Waals surface area contributed by atoms with Gasteiger partial charge in [0, 0.05) is 77.8 Å². The third kappa shape index (κ3) is 23.5. The highest BCUT2D eigenvalue weighted by atomic mass is 16.2. The maximum Gasteiger partial charge on any atom is 0.219 e. The molecule has 6 N–H and O–H groups in total. The van der Waals surface area contributed by atoms with E-state index < -0.39 is 0 Å². The van der Waals surface area contributed by atoms with Crippen LogP contribution in [0.15, 0.2) is 0 Å². The standard InChI is InChI=1S/C30H54N6O6/c37-25-13-1-2-14-26(38)32-20-9-10-22-34-28(40)16-5-6-18-30(42)36-24-12-11-23-35-29(41)17-4-3-15-27(39)33-21-8-7-19-31-25/h1-24H2,(H,31,37)(H,32,38)(H,33,39)(H,34,40)(H,35,41)(H,36,42). The Hall–Kier alpha value is -3.18. The topological polar surface area (TPSA) is 175 Å². The Kier molecular flexibility index (Phi) is 22.4. The lowest BCUT2D eigenvalue weighted by atomic mass is 10.1. The number of hydrogen-bond donors (Lipinski definition) is 6. The van der Waals surface area contributed by atoms with Gasteiger partial charge in [-0.05, 0) is 77.0 Å². The van der Waals surface area contributed by atoms with Crippen LogP contribution >= 0.6 is 0 Å². The third-order valence-corrected chi connectivity index (χ3v) is 6.92. The molecule has 42 heavy (non-hydrogen) atoms. The number of hydrogen-bond acceptors (Lipinski definition) is 6. The van der Waals surface area contributed by atoms with Crippen LogP contribution in [0, 0.1) is 0 Å². The average Bonchev–Trinajstić information content (AvgIpc) is 2.96. The Balaban J connectivity index is 2.31. The van der Waals surface area contributed by atoms with Crippen molar-refractivity contribution >= 4 is 35.4 Å². The van der Waals surface area contributed by atoms with Crippen molar-refractivity contribution in [3.05, 3.63) is 0 Å². The van der Waals surface area contributed by atoms with Crippen LogP contribution in [0.3, 0.4) is 0 Å². The van der Waals surface area contributed by atoms with Crippen LogP contribution in [0.1, 0.15) is 116 Å². The van der Waals surface area contributed by atoms with Gasteiger partial charge in [-0.1, -0.05) is 0 Å². The Labute approximate surface area is 251 Å². The van der Waals surface area contributed by atoms with Gasteiger partial charge in [0.05, 0.1) is 0 Å². The molecular weight excluding hydrogens is 540 g/mol. The van der Waals surface area contributed by atoms with E-state index in [1.807, 2.05) is 0 Å². The van der Waals surface area contributed by atoms with Crippen LogP contribution < -0.4 is 31.9 Å². The SMILES string of the molecule is O=C1CCCCC(=O)NCCCCNC(=O)CCCCC(=O)NCCCCNC(=O)CCCCC(=O)NCCCCN1. The van der Waals surface area contributed by atoms with Gasteiger partial charge in [0.25, 0.3) is 0 Å². The summed E-state index contributed by atoms with van der Waals surface area (Å²) in [6.45, 7) is 3.33. The zero-order valence-corrected chi connectivity index (χ0v) is 25.4. The predicted octanol–water partition coefficient (Wildman–Crippen LogP) is 1.72. The lowest BCUT2D eigenvalue weighted by molar-refractivity contribution is -0.123. The summed E-state index contributed by atoms with van der Waals surface area (Å²) in [5.74, 6) is -0.171. The van der Waals surface area contributed by atoms with E-state index in [0.717, 1.165) is 38.5 Å². The maximum atomic E-state index is 12.0. The van der Waals surface area contributed by atoms with Gasteiger partial charge in [-0.25, -0.2) is 0 Å². The quantitative estimate of drug-likeness (QED) is 0.249. The monoisotopic (exact) mass is 594 g/mol. The number of carbonyl (C=O) groups excluding carboxylic acids is 6. The highest BCUT2D eigenvalue weighted by Crippen LogP contribution is 2.03. The molecule has 1 heterocycles. The molecule has 12 heteroatoms. The molecule has 1 aliphatic heterocycles. The molecule has 1 fully saturated rings. The Bertz CT molecular complexity index is 652. The molecule has 0 aromatic heterocycles. The second-order valence-corrected chi connectivity index (χ2v) is 10.8. The first-order valence-corrected chi connectivity index (χ1v) is 16.0. The minimum atomic E-state index is -0.0285. The Morgan fingerprint density at radius 3 is 0.524 bits per heavy atom. The summed E-state index contributed by atoms with van der Waals surface area (Å²) in [7, 11) is 0. The van der Waals surface area contributed by atoms with E-state index in [9.17, 15) is 28.8 Å². The fourth-order valence-electron chi connectivity index (χ4n) is 4.36. The first-order valence-electron chi connectivity index (χ1n) is 16.0. The van der Waals surface area contributed by atoms with Crippen LogP contribution in [-0.4, -0.2) is 74.7 Å². The molecular formula is C30H54N6O6. The molecule has 1 saturated heterocycles. The molecule has 0 radical (unpaired) electrons. The molecule has 0 aromatic rings. The van der Waals surface area contributed by atoms with Crippen LogP contribution in [0.5, 0.6) is 0 Å². The molecule has 6 amide bonds. The van der Waals surface area contributed by atoms with Crippen molar-refractivity contribution in [2.24, 2.45) is 0 Å². The van der Waals surface area contributed by atoms with Gasteiger partial charge in [-0.15, -0.1) is 0 Å². The summed E-state index contributed by atoms with van der Waals surface area (Å²) in [5.41, 5.74) is 0. The van der Waals surface area contributed by atoms with Crippen LogP contribution in [0.25, 0.3) is 0 Å². The number of amides is 6. The summed E-state index contributed by atoms with van der Waals surface area (Å²) in [4.78, 5) is 71.8. The van der Waals surface area contributed by atoms with Crippen LogP contribution in [-0.2, 0) is 28.8 Å². The van der Waals surface area contributed by atoms with Gasteiger partial charge < -0.3 is 31.9 Å². The Morgan fingerprint density at radius 1 is 0.238 bits per heavy atom. The summed E-state index contributed by atoms with van der Waals surface area (Å²) in [5, 5.41) is 17.3. The highest BCUT2D eigenvalue weighted by molar-refractivity contribution is 5.78. The van der Waals surface area contributed by atoms with E-state index in [4.69, 9.17) is 0 Å². The van der Waals surface area contributed by atoms with Crippen LogP contribution in [0.4, 0.5) is 0 Å². The van der Waals surface area contributed by atoms with Crippen molar-refractivity contribution in [3.63, 3.8) is 0 Å². The maximum absolute atomic E-state index is 12.0. The minimum Gasteiger partial charge on any atom is -0.356 e. The first-order chi connectivity index (χ1) is 20.4. The van der Waals surface area contributed by atoms with Crippen LogP contribution in [0.2, 0.25) is 0 Å². The molecule has 0 spiro atoms. The molecule has 0 aliphatic carbocycles. The summed E-state index contributed by atoms with van der Waals surface area (Å²) in [6, 6.07) is 0. The molecule has 1 rings (SSSR count). The molecule has 12 nitrogen and oxygen atoms in total. The van der Waals surface area contributed by atoms with E-state index in [2.05, 4.69) is 31.9 Å². The number of carbonyl (C=O) groups is 6. The zero-order valence-electron chi connectivity index (χ0n) is 25.4. The van der Waals surface area contributed by atoms with E-state index in [0.29, 0.717) is 116 Å². The third-order valence-electron chi connectivity index (χ3n) is 6.92. The van der Waals surface area contributed by atoms with Crippen molar-refractivity contribution in [2.45, 2.75) is 116 Å². The van der Waals surface area contributed by atoms with Crippen molar-refractivity contribution in [3.8, 4) is 0 Å². The molecule has 0 saturated carbocycles. The average molecular weight is 595 g/mol. The molecule has 0 bridgehead atoms. The van der Waals surface area contributed by atoms with Crippen molar-refractivity contribution in [2.75, 3.05) is 39.3 Å². The fourth-order valence-corrected chi connectivity index (χ4v) is 4.36.